The van der Waals surface area contributed by atoms with E-state index < -0.39 is 21.5 Å². The van der Waals surface area contributed by atoms with Crippen molar-refractivity contribution in [1.29, 1.82) is 0 Å². The van der Waals surface area contributed by atoms with E-state index in [0.717, 1.165) is 6.42 Å². The smallest absolute Gasteiger partial charge is 0.282 e. The van der Waals surface area contributed by atoms with Gasteiger partial charge in [-0.15, -0.1) is 0 Å². The fourth-order valence-electron chi connectivity index (χ4n) is 3.25. The SMILES string of the molecule is Cn1c([C@@H]2CCCN(S(C)(=O)=O)C2)nn(Cc2c(F)cccc2Cl)c1=O. The van der Waals surface area contributed by atoms with Crippen molar-refractivity contribution in [3.05, 3.63) is 50.9 Å². The fourth-order valence-corrected chi connectivity index (χ4v) is 4.38. The Kier molecular flexibility index (Phi) is 5.23. The topological polar surface area (TPSA) is 77.2 Å². The van der Waals surface area contributed by atoms with E-state index >= 15 is 0 Å². The summed E-state index contributed by atoms with van der Waals surface area (Å²) in [6.07, 6.45) is 2.60. The van der Waals surface area contributed by atoms with Crippen molar-refractivity contribution in [2.45, 2.75) is 25.3 Å². The molecular weight excluding hydrogens is 383 g/mol. The molecule has 142 valence electrons. The van der Waals surface area contributed by atoms with Crippen molar-refractivity contribution in [2.24, 2.45) is 7.05 Å². The second-order valence-electron chi connectivity index (χ2n) is 6.52. The van der Waals surface area contributed by atoms with Crippen LogP contribution in [0.4, 0.5) is 4.39 Å². The van der Waals surface area contributed by atoms with Crippen LogP contribution >= 0.6 is 11.6 Å². The van der Waals surface area contributed by atoms with Gasteiger partial charge in [-0.3, -0.25) is 4.57 Å². The van der Waals surface area contributed by atoms with Crippen LogP contribution in [-0.4, -0.2) is 46.4 Å². The Labute approximate surface area is 156 Å². The van der Waals surface area contributed by atoms with E-state index in [1.165, 1.54) is 31.9 Å². The van der Waals surface area contributed by atoms with Crippen LogP contribution in [0.3, 0.4) is 0 Å². The lowest BCUT2D eigenvalue weighted by Gasteiger charge is -2.30. The Morgan fingerprint density at radius 2 is 2.12 bits per heavy atom. The Morgan fingerprint density at radius 1 is 1.38 bits per heavy atom. The van der Waals surface area contributed by atoms with Crippen LogP contribution in [0.1, 0.15) is 30.1 Å². The fraction of sp³-hybridized carbons (Fsp3) is 0.500. The van der Waals surface area contributed by atoms with Crippen LogP contribution in [0, 0.1) is 5.82 Å². The molecule has 0 N–H and O–H groups in total. The number of nitrogens with zero attached hydrogens (tertiary/aromatic N) is 4. The van der Waals surface area contributed by atoms with Gasteiger partial charge in [-0.1, -0.05) is 17.7 Å². The van der Waals surface area contributed by atoms with E-state index in [0.29, 0.717) is 18.8 Å². The first-order chi connectivity index (χ1) is 12.2. The minimum absolute atomic E-state index is 0.0826. The highest BCUT2D eigenvalue weighted by molar-refractivity contribution is 7.88. The molecule has 1 fully saturated rings. The molecule has 0 bridgehead atoms. The lowest BCUT2D eigenvalue weighted by Crippen LogP contribution is -2.39. The number of hydrogen-bond acceptors (Lipinski definition) is 4. The minimum Gasteiger partial charge on any atom is -0.282 e. The maximum absolute atomic E-state index is 14.0. The molecule has 26 heavy (non-hydrogen) atoms. The second-order valence-corrected chi connectivity index (χ2v) is 8.91. The van der Waals surface area contributed by atoms with Crippen molar-refractivity contribution >= 4 is 21.6 Å². The van der Waals surface area contributed by atoms with Gasteiger partial charge in [0.1, 0.15) is 11.6 Å². The highest BCUT2D eigenvalue weighted by Gasteiger charge is 2.30. The molecule has 3 rings (SSSR count). The summed E-state index contributed by atoms with van der Waals surface area (Å²) in [6.45, 7) is 0.666. The monoisotopic (exact) mass is 402 g/mol. The van der Waals surface area contributed by atoms with Crippen molar-refractivity contribution in [3.8, 4) is 0 Å². The molecule has 0 radical (unpaired) electrons. The predicted octanol–water partition coefficient (Wildman–Crippen LogP) is 1.56. The Hall–Kier alpha value is -1.71. The van der Waals surface area contributed by atoms with Gasteiger partial charge in [-0.05, 0) is 25.0 Å². The summed E-state index contributed by atoms with van der Waals surface area (Å²) in [5, 5.41) is 4.57. The number of halogens is 2. The van der Waals surface area contributed by atoms with Gasteiger partial charge in [0.25, 0.3) is 0 Å². The van der Waals surface area contributed by atoms with E-state index in [-0.39, 0.29) is 29.6 Å². The van der Waals surface area contributed by atoms with Gasteiger partial charge in [0, 0.05) is 36.6 Å². The molecule has 1 saturated heterocycles. The largest absolute Gasteiger partial charge is 0.345 e. The van der Waals surface area contributed by atoms with Gasteiger partial charge in [0.2, 0.25) is 10.0 Å². The molecule has 0 aliphatic carbocycles. The van der Waals surface area contributed by atoms with Crippen LogP contribution in [0.5, 0.6) is 0 Å². The molecule has 2 heterocycles. The van der Waals surface area contributed by atoms with Crippen molar-refractivity contribution in [2.75, 3.05) is 19.3 Å². The average Bonchev–Trinajstić information content (AvgIpc) is 2.86. The molecule has 1 aliphatic heterocycles. The number of benzene rings is 1. The molecule has 10 heteroatoms. The van der Waals surface area contributed by atoms with Crippen LogP contribution in [0.15, 0.2) is 23.0 Å². The maximum Gasteiger partial charge on any atom is 0.345 e. The maximum atomic E-state index is 14.0. The van der Waals surface area contributed by atoms with Crippen LogP contribution < -0.4 is 5.69 Å². The summed E-state index contributed by atoms with van der Waals surface area (Å²) in [5.41, 5.74) is -0.196. The molecule has 1 aromatic heterocycles. The number of sulfonamides is 1. The van der Waals surface area contributed by atoms with E-state index in [2.05, 4.69) is 5.10 Å². The lowest BCUT2D eigenvalue weighted by molar-refractivity contribution is 0.307. The number of aromatic nitrogens is 3. The zero-order valence-electron chi connectivity index (χ0n) is 14.5. The first-order valence-corrected chi connectivity index (χ1v) is 10.4. The third kappa shape index (κ3) is 3.70. The molecule has 2 aromatic rings. The number of piperidine rings is 1. The molecule has 0 unspecified atom stereocenters. The van der Waals surface area contributed by atoms with Gasteiger partial charge in [-0.2, -0.15) is 5.10 Å². The van der Waals surface area contributed by atoms with Gasteiger partial charge >= 0.3 is 5.69 Å². The first kappa shape index (κ1) is 19.1. The van der Waals surface area contributed by atoms with E-state index in [1.807, 2.05) is 0 Å². The summed E-state index contributed by atoms with van der Waals surface area (Å²) in [4.78, 5) is 12.5. The summed E-state index contributed by atoms with van der Waals surface area (Å²) in [5.74, 6) is -0.193. The standard InChI is InChI=1S/C16H20ClFN4O3S/c1-20-15(11-5-4-8-21(9-11)26(2,24)25)19-22(16(20)23)10-12-13(17)6-3-7-14(12)18/h3,6-7,11H,4-5,8-10H2,1-2H3/t11-/m1/s1. The molecule has 0 amide bonds. The van der Waals surface area contributed by atoms with Gasteiger partial charge in [-0.25, -0.2) is 26.6 Å². The third-order valence-electron chi connectivity index (χ3n) is 4.66. The quantitative estimate of drug-likeness (QED) is 0.777. The second kappa shape index (κ2) is 7.13. The van der Waals surface area contributed by atoms with E-state index in [1.54, 1.807) is 13.1 Å². The first-order valence-electron chi connectivity index (χ1n) is 8.20. The van der Waals surface area contributed by atoms with Crippen molar-refractivity contribution in [1.82, 2.24) is 18.7 Å². The van der Waals surface area contributed by atoms with Crippen molar-refractivity contribution in [3.63, 3.8) is 0 Å². The van der Waals surface area contributed by atoms with Gasteiger partial charge in [0.15, 0.2) is 0 Å². The molecular formula is C16H20ClFN4O3S. The Bertz CT molecular complexity index is 966. The predicted molar refractivity (Wildman–Crippen MR) is 96.4 cm³/mol. The van der Waals surface area contributed by atoms with Gasteiger partial charge < -0.3 is 0 Å². The zero-order chi connectivity index (χ0) is 19.1. The Balaban J connectivity index is 1.92. The van der Waals surface area contributed by atoms with Crippen LogP contribution in [0.25, 0.3) is 0 Å². The molecule has 7 nitrogen and oxygen atoms in total. The third-order valence-corrected chi connectivity index (χ3v) is 6.29. The Morgan fingerprint density at radius 3 is 2.77 bits per heavy atom. The molecule has 1 aliphatic rings. The van der Waals surface area contributed by atoms with E-state index in [9.17, 15) is 17.6 Å². The minimum atomic E-state index is -3.30. The number of rotatable bonds is 4. The van der Waals surface area contributed by atoms with Crippen LogP contribution in [-0.2, 0) is 23.6 Å². The lowest BCUT2D eigenvalue weighted by atomic mass is 9.99. The normalized spacial score (nSPS) is 19.0. The molecule has 0 saturated carbocycles. The average molecular weight is 403 g/mol. The zero-order valence-corrected chi connectivity index (χ0v) is 16.1. The molecule has 1 aromatic carbocycles. The van der Waals surface area contributed by atoms with Gasteiger partial charge in [0.05, 0.1) is 12.8 Å². The highest BCUT2D eigenvalue weighted by Crippen LogP contribution is 2.26. The van der Waals surface area contributed by atoms with E-state index in [4.69, 9.17) is 11.6 Å². The number of hydrogen-bond donors (Lipinski definition) is 0. The summed E-state index contributed by atoms with van der Waals surface area (Å²) in [6, 6.07) is 4.33. The summed E-state index contributed by atoms with van der Waals surface area (Å²) >= 11 is 6.03. The van der Waals surface area contributed by atoms with Crippen LogP contribution in [0.2, 0.25) is 5.02 Å². The summed E-state index contributed by atoms with van der Waals surface area (Å²) < 4.78 is 41.6. The molecule has 1 atom stereocenters. The van der Waals surface area contributed by atoms with Crippen molar-refractivity contribution < 1.29 is 12.8 Å². The highest BCUT2D eigenvalue weighted by atomic mass is 35.5. The summed E-state index contributed by atoms with van der Waals surface area (Å²) in [7, 11) is -1.71. The molecule has 0 spiro atoms.